The van der Waals surface area contributed by atoms with Gasteiger partial charge in [0.25, 0.3) is 0 Å². The van der Waals surface area contributed by atoms with Crippen LogP contribution in [-0.2, 0) is 0 Å². The Kier molecular flexibility index (Phi) is 5.18. The van der Waals surface area contributed by atoms with Crippen LogP contribution in [0.4, 0.5) is 15.8 Å². The van der Waals surface area contributed by atoms with Crippen molar-refractivity contribution in [3.8, 4) is 5.75 Å². The fourth-order valence-electron chi connectivity index (χ4n) is 3.88. The van der Waals surface area contributed by atoms with Gasteiger partial charge in [0.05, 0.1) is 12.0 Å². The highest BCUT2D eigenvalue weighted by molar-refractivity contribution is 5.65. The lowest BCUT2D eigenvalue weighted by molar-refractivity contribution is -0.386. The molecule has 3 rings (SSSR count). The Morgan fingerprint density at radius 1 is 1.38 bits per heavy atom. The zero-order valence-corrected chi connectivity index (χ0v) is 14.0. The van der Waals surface area contributed by atoms with Gasteiger partial charge in [0.15, 0.2) is 0 Å². The molecule has 0 radical (unpaired) electrons. The van der Waals surface area contributed by atoms with Gasteiger partial charge in [-0.2, -0.15) is 4.39 Å². The highest BCUT2D eigenvalue weighted by Gasteiger charge is 2.29. The van der Waals surface area contributed by atoms with Crippen molar-refractivity contribution in [2.75, 3.05) is 32.1 Å². The van der Waals surface area contributed by atoms with Gasteiger partial charge in [-0.3, -0.25) is 10.1 Å². The molecule has 1 aliphatic heterocycles. The molecule has 1 aromatic carbocycles. The molecule has 7 heteroatoms. The minimum absolute atomic E-state index is 0.0941. The molecule has 0 spiro atoms. The quantitative estimate of drug-likeness (QED) is 0.636. The summed E-state index contributed by atoms with van der Waals surface area (Å²) in [5.74, 6) is 0.191. The van der Waals surface area contributed by atoms with Gasteiger partial charge in [-0.25, -0.2) is 0 Å². The Morgan fingerprint density at radius 2 is 2.12 bits per heavy atom. The van der Waals surface area contributed by atoms with Crippen LogP contribution in [0.25, 0.3) is 0 Å². The van der Waals surface area contributed by atoms with Crippen LogP contribution in [0.1, 0.15) is 32.1 Å². The number of methoxy groups -OCH3 is 1. The topological polar surface area (TPSA) is 67.6 Å². The van der Waals surface area contributed by atoms with Gasteiger partial charge in [0, 0.05) is 37.8 Å². The van der Waals surface area contributed by atoms with Crippen LogP contribution in [0.3, 0.4) is 0 Å². The molecule has 1 aliphatic carbocycles. The van der Waals surface area contributed by atoms with Gasteiger partial charge in [-0.05, 0) is 25.2 Å². The van der Waals surface area contributed by atoms with Crippen LogP contribution < -0.4 is 10.1 Å². The monoisotopic (exact) mass is 337 g/mol. The van der Waals surface area contributed by atoms with E-state index in [1.54, 1.807) is 0 Å². The lowest BCUT2D eigenvalue weighted by Crippen LogP contribution is -2.30. The maximum absolute atomic E-state index is 14.0. The Morgan fingerprint density at radius 3 is 2.79 bits per heavy atom. The van der Waals surface area contributed by atoms with Crippen molar-refractivity contribution in [2.45, 2.75) is 38.1 Å². The summed E-state index contributed by atoms with van der Waals surface area (Å²) in [7, 11) is 1.42. The summed E-state index contributed by atoms with van der Waals surface area (Å²) in [4.78, 5) is 12.9. The maximum Gasteiger partial charge on any atom is 0.327 e. The minimum atomic E-state index is -0.873. The summed E-state index contributed by atoms with van der Waals surface area (Å²) in [5.41, 5.74) is -0.311. The van der Waals surface area contributed by atoms with Crippen molar-refractivity contribution in [1.29, 1.82) is 0 Å². The van der Waals surface area contributed by atoms with Crippen LogP contribution in [-0.4, -0.2) is 42.6 Å². The van der Waals surface area contributed by atoms with Crippen molar-refractivity contribution in [2.24, 2.45) is 5.92 Å². The third-order valence-corrected chi connectivity index (χ3v) is 5.08. The fraction of sp³-hybridized carbons (Fsp3) is 0.647. The van der Waals surface area contributed by atoms with Gasteiger partial charge in [0.1, 0.15) is 11.4 Å². The van der Waals surface area contributed by atoms with E-state index in [0.717, 1.165) is 38.0 Å². The second-order valence-corrected chi connectivity index (χ2v) is 6.80. The number of nitrogens with one attached hydrogen (secondary N) is 1. The van der Waals surface area contributed by atoms with E-state index >= 15 is 0 Å². The summed E-state index contributed by atoms with van der Waals surface area (Å²) in [6.07, 6.45) is 6.18. The smallest absolute Gasteiger partial charge is 0.327 e. The first-order chi connectivity index (χ1) is 11.6. The second-order valence-electron chi connectivity index (χ2n) is 6.80. The van der Waals surface area contributed by atoms with Crippen molar-refractivity contribution < 1.29 is 14.1 Å². The maximum atomic E-state index is 14.0. The predicted molar refractivity (Wildman–Crippen MR) is 90.0 cm³/mol. The van der Waals surface area contributed by atoms with Crippen molar-refractivity contribution in [3.63, 3.8) is 0 Å². The molecule has 1 unspecified atom stereocenters. The molecule has 1 heterocycles. The lowest BCUT2D eigenvalue weighted by Gasteiger charge is -2.21. The number of hydrogen-bond acceptors (Lipinski definition) is 5. The molecule has 24 heavy (non-hydrogen) atoms. The van der Waals surface area contributed by atoms with Crippen LogP contribution in [0, 0.1) is 21.8 Å². The molecular formula is C17H24FN3O3. The van der Waals surface area contributed by atoms with E-state index in [1.807, 2.05) is 0 Å². The van der Waals surface area contributed by atoms with Gasteiger partial charge >= 0.3 is 5.69 Å². The van der Waals surface area contributed by atoms with Crippen molar-refractivity contribution in [1.82, 2.24) is 4.90 Å². The third-order valence-electron chi connectivity index (χ3n) is 5.08. The molecule has 1 saturated carbocycles. The first kappa shape index (κ1) is 17.0. The normalized spacial score (nSPS) is 22.0. The van der Waals surface area contributed by atoms with E-state index in [4.69, 9.17) is 4.74 Å². The standard InChI is InChI=1S/C17H24FN3O3/c1-24-14-8-15(18)17(21(22)23)16(9-14)19-13-6-7-20(11-13)10-12-4-2-3-5-12/h8-9,12-13,19H,2-7,10-11H2,1H3. The van der Waals surface area contributed by atoms with E-state index in [2.05, 4.69) is 10.2 Å². The summed E-state index contributed by atoms with van der Waals surface area (Å²) in [5, 5.41) is 14.3. The molecule has 0 bridgehead atoms. The number of benzene rings is 1. The first-order valence-electron chi connectivity index (χ1n) is 8.57. The molecule has 6 nitrogen and oxygen atoms in total. The Balaban J connectivity index is 1.67. The fourth-order valence-corrected chi connectivity index (χ4v) is 3.88. The molecule has 0 amide bonds. The number of hydrogen-bond donors (Lipinski definition) is 1. The molecular weight excluding hydrogens is 313 g/mol. The number of nitrogens with zero attached hydrogens (tertiary/aromatic N) is 2. The molecule has 2 fully saturated rings. The van der Waals surface area contributed by atoms with E-state index in [9.17, 15) is 14.5 Å². The van der Waals surface area contributed by atoms with E-state index in [1.165, 1.54) is 38.9 Å². The van der Waals surface area contributed by atoms with E-state index in [0.29, 0.717) is 0 Å². The molecule has 1 N–H and O–H groups in total. The number of nitro benzene ring substituents is 1. The van der Waals surface area contributed by atoms with Crippen LogP contribution >= 0.6 is 0 Å². The summed E-state index contributed by atoms with van der Waals surface area (Å²) < 4.78 is 19.0. The average molecular weight is 337 g/mol. The molecule has 132 valence electrons. The zero-order valence-electron chi connectivity index (χ0n) is 14.0. The predicted octanol–water partition coefficient (Wildman–Crippen LogP) is 3.42. The van der Waals surface area contributed by atoms with Gasteiger partial charge in [-0.1, -0.05) is 12.8 Å². The number of nitro groups is 1. The number of halogens is 1. The van der Waals surface area contributed by atoms with Crippen LogP contribution in [0.5, 0.6) is 5.75 Å². The largest absolute Gasteiger partial charge is 0.497 e. The number of ether oxygens (including phenoxy) is 1. The van der Waals surface area contributed by atoms with Crippen LogP contribution in [0.2, 0.25) is 0 Å². The van der Waals surface area contributed by atoms with E-state index in [-0.39, 0.29) is 17.5 Å². The van der Waals surface area contributed by atoms with Gasteiger partial charge in [-0.15, -0.1) is 0 Å². The first-order valence-corrected chi connectivity index (χ1v) is 8.57. The molecule has 2 aliphatic rings. The van der Waals surface area contributed by atoms with Crippen molar-refractivity contribution in [3.05, 3.63) is 28.1 Å². The SMILES string of the molecule is COc1cc(F)c([N+](=O)[O-])c(NC2CCN(CC3CCCC3)C2)c1. The Bertz CT molecular complexity index is 605. The summed E-state index contributed by atoms with van der Waals surface area (Å²) in [6.45, 7) is 2.92. The lowest BCUT2D eigenvalue weighted by atomic mass is 10.1. The third kappa shape index (κ3) is 3.77. The highest BCUT2D eigenvalue weighted by Crippen LogP contribution is 2.34. The minimum Gasteiger partial charge on any atom is -0.497 e. The second kappa shape index (κ2) is 7.34. The Labute approximate surface area is 141 Å². The van der Waals surface area contributed by atoms with Crippen molar-refractivity contribution >= 4 is 11.4 Å². The number of rotatable bonds is 6. The van der Waals surface area contributed by atoms with Crippen LogP contribution in [0.15, 0.2) is 12.1 Å². The Hall–Kier alpha value is -1.89. The highest BCUT2D eigenvalue weighted by atomic mass is 19.1. The summed E-state index contributed by atoms with van der Waals surface area (Å²) >= 11 is 0. The molecule has 0 aromatic heterocycles. The molecule has 1 atom stereocenters. The van der Waals surface area contributed by atoms with E-state index < -0.39 is 16.4 Å². The van der Waals surface area contributed by atoms with Gasteiger partial charge in [0.2, 0.25) is 5.82 Å². The average Bonchev–Trinajstić information content (AvgIpc) is 3.19. The number of likely N-dealkylation sites (tertiary alicyclic amines) is 1. The molecule has 1 aromatic rings. The number of anilines is 1. The van der Waals surface area contributed by atoms with Gasteiger partial charge < -0.3 is 15.0 Å². The summed E-state index contributed by atoms with van der Waals surface area (Å²) in [6, 6.07) is 2.64. The zero-order chi connectivity index (χ0) is 17.1. The molecule has 1 saturated heterocycles.